The summed E-state index contributed by atoms with van der Waals surface area (Å²) < 4.78 is 5.95. The standard InChI is InChI=1S/C30H21BrN2/c31-20-13-15-21(16-14-20)32-29-12-6-3-9-25(29)26-19-22(17-18-30(26)32)33-27-10-4-1-7-23(27)24-8-2-5-11-28(24)33/h1-5,7-11,13-19H,6,12H2. The Kier molecular flexibility index (Phi) is 4.15. The second-order valence-electron chi connectivity index (χ2n) is 8.68. The summed E-state index contributed by atoms with van der Waals surface area (Å²) in [6, 6.07) is 33.0. The predicted octanol–water partition coefficient (Wildman–Crippen LogP) is 8.45. The molecule has 0 saturated heterocycles. The molecule has 1 aliphatic rings. The number of benzene rings is 4. The Labute approximate surface area is 200 Å². The Balaban J connectivity index is 1.54. The number of fused-ring (bicyclic) bond motifs is 6. The maximum Gasteiger partial charge on any atom is 0.0541 e. The topological polar surface area (TPSA) is 9.86 Å². The molecule has 0 atom stereocenters. The molecule has 0 aliphatic heterocycles. The van der Waals surface area contributed by atoms with E-state index in [0.29, 0.717) is 0 Å². The van der Waals surface area contributed by atoms with Crippen LogP contribution in [0.2, 0.25) is 0 Å². The SMILES string of the molecule is Brc1ccc(-n2c3c(c4cc(-n5c6ccccc6c6ccccc65)ccc42)C=CCC3)cc1. The van der Waals surface area contributed by atoms with E-state index in [0.717, 1.165) is 17.3 Å². The molecule has 0 unspecified atom stereocenters. The summed E-state index contributed by atoms with van der Waals surface area (Å²) >= 11 is 3.58. The van der Waals surface area contributed by atoms with E-state index in [1.165, 1.54) is 55.3 Å². The zero-order valence-electron chi connectivity index (χ0n) is 18.0. The van der Waals surface area contributed by atoms with Gasteiger partial charge in [-0.25, -0.2) is 0 Å². The Bertz CT molecular complexity index is 1660. The lowest BCUT2D eigenvalue weighted by Gasteiger charge is -2.13. The summed E-state index contributed by atoms with van der Waals surface area (Å²) in [5.41, 5.74) is 8.91. The molecule has 0 N–H and O–H groups in total. The number of rotatable bonds is 2. The third kappa shape index (κ3) is 2.79. The van der Waals surface area contributed by atoms with E-state index >= 15 is 0 Å². The molecular formula is C30H21BrN2. The van der Waals surface area contributed by atoms with E-state index < -0.39 is 0 Å². The minimum atomic E-state index is 1.06. The Morgan fingerprint density at radius 3 is 1.97 bits per heavy atom. The van der Waals surface area contributed by atoms with Crippen LogP contribution in [-0.2, 0) is 6.42 Å². The summed E-state index contributed by atoms with van der Waals surface area (Å²) in [7, 11) is 0. The molecule has 158 valence electrons. The van der Waals surface area contributed by atoms with Crippen molar-refractivity contribution in [3.8, 4) is 11.4 Å². The second kappa shape index (κ2) is 7.23. The Hall–Kier alpha value is -3.56. The molecule has 4 aromatic carbocycles. The van der Waals surface area contributed by atoms with Gasteiger partial charge in [0.05, 0.1) is 16.6 Å². The summed E-state index contributed by atoms with van der Waals surface area (Å²) in [5, 5.41) is 3.90. The van der Waals surface area contributed by atoms with Gasteiger partial charge in [-0.05, 0) is 67.4 Å². The third-order valence-electron chi connectivity index (χ3n) is 6.85. The first kappa shape index (κ1) is 19.0. The van der Waals surface area contributed by atoms with Gasteiger partial charge < -0.3 is 9.13 Å². The molecular weight excluding hydrogens is 468 g/mol. The van der Waals surface area contributed by atoms with Gasteiger partial charge in [-0.3, -0.25) is 0 Å². The van der Waals surface area contributed by atoms with Crippen molar-refractivity contribution in [2.45, 2.75) is 12.8 Å². The van der Waals surface area contributed by atoms with Crippen LogP contribution in [-0.4, -0.2) is 9.13 Å². The summed E-state index contributed by atoms with van der Waals surface area (Å²) in [5.74, 6) is 0. The van der Waals surface area contributed by atoms with Crippen molar-refractivity contribution in [3.05, 3.63) is 113 Å². The minimum absolute atomic E-state index is 1.06. The average Bonchev–Trinajstić information content (AvgIpc) is 3.37. The highest BCUT2D eigenvalue weighted by molar-refractivity contribution is 9.10. The van der Waals surface area contributed by atoms with E-state index in [9.17, 15) is 0 Å². The maximum absolute atomic E-state index is 3.58. The van der Waals surface area contributed by atoms with E-state index in [4.69, 9.17) is 0 Å². The van der Waals surface area contributed by atoms with Crippen LogP contribution in [0.25, 0.3) is 50.2 Å². The Morgan fingerprint density at radius 2 is 1.24 bits per heavy atom. The highest BCUT2D eigenvalue weighted by Gasteiger charge is 2.20. The molecule has 0 bridgehead atoms. The molecule has 2 nitrogen and oxygen atoms in total. The number of aromatic nitrogens is 2. The van der Waals surface area contributed by atoms with Crippen LogP contribution in [0.3, 0.4) is 0 Å². The molecule has 6 aromatic rings. The van der Waals surface area contributed by atoms with Crippen molar-refractivity contribution < 1.29 is 0 Å². The van der Waals surface area contributed by atoms with Gasteiger partial charge in [0, 0.05) is 43.3 Å². The van der Waals surface area contributed by atoms with Gasteiger partial charge in [-0.1, -0.05) is 64.5 Å². The molecule has 0 saturated carbocycles. The van der Waals surface area contributed by atoms with Crippen molar-refractivity contribution in [1.29, 1.82) is 0 Å². The normalized spacial score (nSPS) is 13.2. The Morgan fingerprint density at radius 1 is 0.606 bits per heavy atom. The quantitative estimate of drug-likeness (QED) is 0.231. The largest absolute Gasteiger partial charge is 0.313 e. The minimum Gasteiger partial charge on any atom is -0.313 e. The lowest BCUT2D eigenvalue weighted by molar-refractivity contribution is 0.888. The van der Waals surface area contributed by atoms with Crippen LogP contribution < -0.4 is 0 Å². The van der Waals surface area contributed by atoms with Crippen LogP contribution in [0.4, 0.5) is 0 Å². The summed E-state index contributed by atoms with van der Waals surface area (Å²) in [6.45, 7) is 0. The van der Waals surface area contributed by atoms with Gasteiger partial charge in [0.2, 0.25) is 0 Å². The first-order valence-electron chi connectivity index (χ1n) is 11.4. The van der Waals surface area contributed by atoms with Gasteiger partial charge in [0.1, 0.15) is 0 Å². The molecule has 2 heterocycles. The van der Waals surface area contributed by atoms with Gasteiger partial charge in [-0.15, -0.1) is 0 Å². The van der Waals surface area contributed by atoms with Gasteiger partial charge in [0.15, 0.2) is 0 Å². The molecule has 3 heteroatoms. The van der Waals surface area contributed by atoms with Crippen molar-refractivity contribution in [3.63, 3.8) is 0 Å². The number of nitrogens with zero attached hydrogens (tertiary/aromatic N) is 2. The number of halogens is 1. The lowest BCUT2D eigenvalue weighted by Crippen LogP contribution is -2.02. The van der Waals surface area contributed by atoms with Crippen molar-refractivity contribution in [2.24, 2.45) is 0 Å². The second-order valence-corrected chi connectivity index (χ2v) is 9.60. The number of hydrogen-bond acceptors (Lipinski definition) is 0. The fraction of sp³-hybridized carbons (Fsp3) is 0.0667. The van der Waals surface area contributed by atoms with Crippen LogP contribution in [0.15, 0.2) is 102 Å². The monoisotopic (exact) mass is 488 g/mol. The zero-order chi connectivity index (χ0) is 21.9. The number of para-hydroxylation sites is 2. The van der Waals surface area contributed by atoms with Crippen molar-refractivity contribution in [2.75, 3.05) is 0 Å². The molecule has 7 rings (SSSR count). The van der Waals surface area contributed by atoms with Crippen LogP contribution in [0, 0.1) is 0 Å². The molecule has 0 amide bonds. The molecule has 1 aliphatic carbocycles. The fourth-order valence-electron chi connectivity index (χ4n) is 5.43. The predicted molar refractivity (Wildman–Crippen MR) is 143 cm³/mol. The molecule has 33 heavy (non-hydrogen) atoms. The highest BCUT2D eigenvalue weighted by atomic mass is 79.9. The van der Waals surface area contributed by atoms with E-state index in [1.807, 2.05) is 0 Å². The van der Waals surface area contributed by atoms with E-state index in [1.54, 1.807) is 0 Å². The summed E-state index contributed by atoms with van der Waals surface area (Å²) in [6.07, 6.45) is 6.76. The van der Waals surface area contributed by atoms with Gasteiger partial charge >= 0.3 is 0 Å². The fourth-order valence-corrected chi connectivity index (χ4v) is 5.70. The number of hydrogen-bond donors (Lipinski definition) is 0. The maximum atomic E-state index is 3.58. The van der Waals surface area contributed by atoms with Gasteiger partial charge in [-0.2, -0.15) is 0 Å². The van der Waals surface area contributed by atoms with Crippen molar-refractivity contribution >= 4 is 54.7 Å². The van der Waals surface area contributed by atoms with E-state index in [2.05, 4.69) is 128 Å². The first-order valence-corrected chi connectivity index (χ1v) is 12.2. The van der Waals surface area contributed by atoms with Crippen LogP contribution in [0.5, 0.6) is 0 Å². The lowest BCUT2D eigenvalue weighted by atomic mass is 10.0. The zero-order valence-corrected chi connectivity index (χ0v) is 19.6. The molecule has 0 spiro atoms. The average molecular weight is 489 g/mol. The summed E-state index contributed by atoms with van der Waals surface area (Å²) in [4.78, 5) is 0. The molecule has 0 radical (unpaired) electrons. The van der Waals surface area contributed by atoms with Gasteiger partial charge in [0.25, 0.3) is 0 Å². The van der Waals surface area contributed by atoms with Crippen LogP contribution in [0.1, 0.15) is 17.7 Å². The molecule has 2 aromatic heterocycles. The van der Waals surface area contributed by atoms with Crippen molar-refractivity contribution in [1.82, 2.24) is 9.13 Å². The first-order chi connectivity index (χ1) is 16.3. The van der Waals surface area contributed by atoms with Crippen LogP contribution >= 0.6 is 15.9 Å². The highest BCUT2D eigenvalue weighted by Crippen LogP contribution is 2.37. The van der Waals surface area contributed by atoms with E-state index in [-0.39, 0.29) is 0 Å². The smallest absolute Gasteiger partial charge is 0.0541 e. The third-order valence-corrected chi connectivity index (χ3v) is 7.38. The molecule has 0 fully saturated rings. The number of allylic oxidation sites excluding steroid dienone is 1.